The van der Waals surface area contributed by atoms with Crippen LogP contribution in [-0.2, 0) is 5.41 Å². The van der Waals surface area contributed by atoms with Crippen LogP contribution in [0.3, 0.4) is 0 Å². The molecule has 2 atom stereocenters. The van der Waals surface area contributed by atoms with Crippen molar-refractivity contribution in [2.24, 2.45) is 5.92 Å². The van der Waals surface area contributed by atoms with Crippen LogP contribution in [0.2, 0.25) is 0 Å². The first-order chi connectivity index (χ1) is 12.3. The number of hydrogen-bond donors (Lipinski definition) is 0. The largest absolute Gasteiger partial charge is 0.334 e. The molecule has 3 aromatic rings. The monoisotopic (exact) mass is 327 g/mol. The maximum atomic E-state index is 10.4. The lowest BCUT2D eigenvalue weighted by molar-refractivity contribution is 0.381. The number of hydrogen-bond acceptors (Lipinski definition) is 2. The van der Waals surface area contributed by atoms with E-state index in [9.17, 15) is 5.26 Å². The van der Waals surface area contributed by atoms with Gasteiger partial charge in [-0.3, -0.25) is 0 Å². The third kappa shape index (κ3) is 2.64. The molecule has 4 rings (SSSR count). The lowest BCUT2D eigenvalue weighted by atomic mass is 9.66. The average molecular weight is 327 g/mol. The minimum absolute atomic E-state index is 0.287. The van der Waals surface area contributed by atoms with Crippen LogP contribution in [0.25, 0.3) is 0 Å². The van der Waals surface area contributed by atoms with Gasteiger partial charge in [0.2, 0.25) is 0 Å². The van der Waals surface area contributed by atoms with Crippen molar-refractivity contribution in [1.29, 1.82) is 5.26 Å². The summed E-state index contributed by atoms with van der Waals surface area (Å²) in [7, 11) is 0. The Hall–Kier alpha value is -2.86. The lowest BCUT2D eigenvalue weighted by Crippen LogP contribution is -2.34. The zero-order valence-corrected chi connectivity index (χ0v) is 14.1. The first kappa shape index (κ1) is 15.7. The molecule has 0 N–H and O–H groups in total. The smallest absolute Gasteiger partial charge is 0.110 e. The third-order valence-corrected chi connectivity index (χ3v) is 5.60. The summed E-state index contributed by atoms with van der Waals surface area (Å²) in [5, 5.41) is 10.4. The highest BCUT2D eigenvalue weighted by molar-refractivity contribution is 5.47. The molecule has 0 saturated heterocycles. The summed E-state index contributed by atoms with van der Waals surface area (Å²) in [4.78, 5) is 4.19. The molecule has 25 heavy (non-hydrogen) atoms. The van der Waals surface area contributed by atoms with Gasteiger partial charge in [0, 0.05) is 18.4 Å². The van der Waals surface area contributed by atoms with Crippen molar-refractivity contribution in [3.63, 3.8) is 0 Å². The molecule has 2 aromatic carbocycles. The van der Waals surface area contributed by atoms with Gasteiger partial charge < -0.3 is 4.57 Å². The van der Waals surface area contributed by atoms with E-state index in [1.165, 1.54) is 0 Å². The topological polar surface area (TPSA) is 41.6 Å². The minimum atomic E-state index is -0.599. The maximum Gasteiger partial charge on any atom is 0.110 e. The highest BCUT2D eigenvalue weighted by Gasteiger charge is 2.46. The molecule has 1 saturated carbocycles. The fourth-order valence-corrected chi connectivity index (χ4v) is 4.37. The molecule has 0 unspecified atom stereocenters. The second-order valence-electron chi connectivity index (χ2n) is 6.83. The van der Waals surface area contributed by atoms with Gasteiger partial charge >= 0.3 is 0 Å². The highest BCUT2D eigenvalue weighted by atomic mass is 15.1. The van der Waals surface area contributed by atoms with Crippen LogP contribution in [0.15, 0.2) is 79.4 Å². The quantitative estimate of drug-likeness (QED) is 0.695. The van der Waals surface area contributed by atoms with E-state index in [0.29, 0.717) is 6.04 Å². The van der Waals surface area contributed by atoms with Crippen LogP contribution in [0.5, 0.6) is 0 Å². The molecule has 1 fully saturated rings. The Bertz CT molecular complexity index is 808. The van der Waals surface area contributed by atoms with E-state index >= 15 is 0 Å². The van der Waals surface area contributed by atoms with Crippen LogP contribution in [0.1, 0.15) is 36.4 Å². The zero-order valence-electron chi connectivity index (χ0n) is 14.1. The number of nitriles is 1. The van der Waals surface area contributed by atoms with Crippen molar-refractivity contribution >= 4 is 0 Å². The van der Waals surface area contributed by atoms with Gasteiger partial charge in [-0.15, -0.1) is 0 Å². The van der Waals surface area contributed by atoms with Crippen molar-refractivity contribution in [2.45, 2.75) is 30.7 Å². The number of benzene rings is 2. The molecule has 0 bridgehead atoms. The molecule has 3 nitrogen and oxygen atoms in total. The molecule has 1 aliphatic rings. The van der Waals surface area contributed by atoms with E-state index < -0.39 is 5.41 Å². The molecule has 3 heteroatoms. The second-order valence-corrected chi connectivity index (χ2v) is 6.83. The van der Waals surface area contributed by atoms with E-state index in [1.807, 2.05) is 55.1 Å². The summed E-state index contributed by atoms with van der Waals surface area (Å²) in [6, 6.07) is 23.7. The number of rotatable bonds is 4. The summed E-state index contributed by atoms with van der Waals surface area (Å²) in [5.41, 5.74) is 1.60. The number of imidazole rings is 1. The standard InChI is InChI=1S/C22H21N3/c23-16-22(18-7-3-1-4-8-18,19-9-5-2-6-10-19)20-11-12-21(15-20)25-14-13-24-17-25/h1-10,13-14,17,20-21H,11-12,15H2/t20-,21+/m0/s1. The molecule has 0 spiro atoms. The van der Waals surface area contributed by atoms with E-state index in [2.05, 4.69) is 39.9 Å². The van der Waals surface area contributed by atoms with E-state index in [0.717, 1.165) is 30.4 Å². The summed E-state index contributed by atoms with van der Waals surface area (Å²) in [5.74, 6) is 0.287. The van der Waals surface area contributed by atoms with Crippen LogP contribution in [-0.4, -0.2) is 9.55 Å². The van der Waals surface area contributed by atoms with Crippen LogP contribution in [0.4, 0.5) is 0 Å². The van der Waals surface area contributed by atoms with Crippen molar-refractivity contribution in [3.8, 4) is 6.07 Å². The van der Waals surface area contributed by atoms with Crippen LogP contribution in [0, 0.1) is 17.2 Å². The van der Waals surface area contributed by atoms with Gasteiger partial charge in [-0.05, 0) is 36.3 Å². The molecule has 1 aromatic heterocycles. The summed E-state index contributed by atoms with van der Waals surface area (Å²) in [6.45, 7) is 0. The molecule has 1 aliphatic carbocycles. The van der Waals surface area contributed by atoms with Crippen molar-refractivity contribution in [2.75, 3.05) is 0 Å². The predicted molar refractivity (Wildman–Crippen MR) is 97.9 cm³/mol. The second kappa shape index (κ2) is 6.57. The van der Waals surface area contributed by atoms with Gasteiger partial charge in [0.05, 0.1) is 12.4 Å². The van der Waals surface area contributed by atoms with Gasteiger partial charge in [0.1, 0.15) is 5.41 Å². The Kier molecular flexibility index (Phi) is 4.11. The summed E-state index contributed by atoms with van der Waals surface area (Å²) in [6.07, 6.45) is 8.88. The minimum Gasteiger partial charge on any atom is -0.334 e. The SMILES string of the molecule is N#CC(c1ccccc1)(c1ccccc1)[C@H]1CC[C@@H](n2ccnc2)C1. The first-order valence-electron chi connectivity index (χ1n) is 8.84. The normalized spacial score (nSPS) is 20.3. The van der Waals surface area contributed by atoms with Gasteiger partial charge in [-0.1, -0.05) is 60.7 Å². The molecule has 124 valence electrons. The van der Waals surface area contributed by atoms with Crippen molar-refractivity contribution < 1.29 is 0 Å². The molecular formula is C22H21N3. The molecular weight excluding hydrogens is 306 g/mol. The highest BCUT2D eigenvalue weighted by Crippen LogP contribution is 2.49. The average Bonchev–Trinajstić information content (AvgIpc) is 3.37. The fraction of sp³-hybridized carbons (Fsp3) is 0.273. The lowest BCUT2D eigenvalue weighted by Gasteiger charge is -2.34. The Morgan fingerprint density at radius 2 is 1.60 bits per heavy atom. The molecule has 0 amide bonds. The van der Waals surface area contributed by atoms with Crippen molar-refractivity contribution in [1.82, 2.24) is 9.55 Å². The third-order valence-electron chi connectivity index (χ3n) is 5.60. The van der Waals surface area contributed by atoms with Gasteiger partial charge in [-0.2, -0.15) is 5.26 Å². The van der Waals surface area contributed by atoms with Gasteiger partial charge in [-0.25, -0.2) is 4.98 Å². The van der Waals surface area contributed by atoms with Gasteiger partial charge in [0.25, 0.3) is 0 Å². The van der Waals surface area contributed by atoms with E-state index in [1.54, 1.807) is 0 Å². The summed E-state index contributed by atoms with van der Waals surface area (Å²) < 4.78 is 2.19. The predicted octanol–water partition coefficient (Wildman–Crippen LogP) is 4.73. The Morgan fingerprint density at radius 1 is 0.960 bits per heavy atom. The molecule has 1 heterocycles. The van der Waals surface area contributed by atoms with Crippen LogP contribution >= 0.6 is 0 Å². The van der Waals surface area contributed by atoms with Gasteiger partial charge in [0.15, 0.2) is 0 Å². The van der Waals surface area contributed by atoms with Crippen LogP contribution < -0.4 is 0 Å². The molecule has 0 aliphatic heterocycles. The maximum absolute atomic E-state index is 10.4. The Labute approximate surface area is 148 Å². The van der Waals surface area contributed by atoms with Crippen molar-refractivity contribution in [3.05, 3.63) is 90.5 Å². The zero-order chi connectivity index (χ0) is 17.1. The Morgan fingerprint density at radius 3 is 2.12 bits per heavy atom. The van der Waals surface area contributed by atoms with E-state index in [4.69, 9.17) is 0 Å². The number of aromatic nitrogens is 2. The first-order valence-corrected chi connectivity index (χ1v) is 8.84. The summed E-state index contributed by atoms with van der Waals surface area (Å²) >= 11 is 0. The number of nitrogens with zero attached hydrogens (tertiary/aromatic N) is 3. The molecule has 0 radical (unpaired) electrons. The van der Waals surface area contributed by atoms with E-state index in [-0.39, 0.29) is 5.92 Å². The Balaban J connectivity index is 1.78. The fourth-order valence-electron chi connectivity index (χ4n) is 4.37.